The average molecular weight is 330 g/mol. The SMILES string of the molecule is CCC(CC(=O)O)S[S+]([O-])P(OC(C)C)OC(C)C. The Bertz CT molecular complexity index is 255. The highest BCUT2D eigenvalue weighted by Gasteiger charge is 2.35. The summed E-state index contributed by atoms with van der Waals surface area (Å²) in [5, 5.41) is 8.60. The Balaban J connectivity index is 4.50. The number of carboxylic acid groups (broad SMARTS) is 1. The summed E-state index contributed by atoms with van der Waals surface area (Å²) in [5.74, 6) is -0.879. The molecule has 0 aliphatic heterocycles. The molecule has 0 spiro atoms. The Morgan fingerprint density at radius 2 is 1.79 bits per heavy atom. The number of aliphatic carboxylic acids is 1. The quantitative estimate of drug-likeness (QED) is 0.374. The van der Waals surface area contributed by atoms with Crippen LogP contribution in [0.25, 0.3) is 0 Å². The molecular formula is C11H23O5PS2. The average Bonchev–Trinajstić information content (AvgIpc) is 2.25. The summed E-state index contributed by atoms with van der Waals surface area (Å²) in [4.78, 5) is 10.7. The zero-order valence-electron chi connectivity index (χ0n) is 12.0. The highest BCUT2D eigenvalue weighted by molar-refractivity contribution is 8.92. The molecule has 0 aliphatic rings. The van der Waals surface area contributed by atoms with Crippen molar-refractivity contribution in [1.82, 2.24) is 0 Å². The molecule has 8 heteroatoms. The molecule has 0 bridgehead atoms. The van der Waals surface area contributed by atoms with E-state index in [1.807, 2.05) is 34.6 Å². The highest BCUT2D eigenvalue weighted by atomic mass is 33.4. The molecule has 0 radical (unpaired) electrons. The van der Waals surface area contributed by atoms with Crippen molar-refractivity contribution >= 4 is 34.2 Å². The summed E-state index contributed by atoms with van der Waals surface area (Å²) in [6, 6.07) is 0. The number of carboxylic acids is 1. The van der Waals surface area contributed by atoms with Gasteiger partial charge in [0.15, 0.2) is 0 Å². The number of hydrogen-bond acceptors (Lipinski definition) is 5. The summed E-state index contributed by atoms with van der Waals surface area (Å²) in [6.45, 7) is 9.31. The third kappa shape index (κ3) is 9.93. The van der Waals surface area contributed by atoms with Gasteiger partial charge < -0.3 is 9.66 Å². The molecular weight excluding hydrogens is 307 g/mol. The first-order chi connectivity index (χ1) is 8.76. The largest absolute Gasteiger partial charge is 0.600 e. The molecule has 0 rings (SSSR count). The fourth-order valence-electron chi connectivity index (χ4n) is 1.03. The maximum Gasteiger partial charge on any atom is 0.439 e. The van der Waals surface area contributed by atoms with Gasteiger partial charge >= 0.3 is 13.5 Å². The van der Waals surface area contributed by atoms with E-state index in [9.17, 15) is 9.35 Å². The van der Waals surface area contributed by atoms with Crippen molar-refractivity contribution in [2.24, 2.45) is 0 Å². The van der Waals surface area contributed by atoms with Crippen molar-refractivity contribution in [3.05, 3.63) is 0 Å². The van der Waals surface area contributed by atoms with Crippen LogP contribution in [0.2, 0.25) is 0 Å². The van der Waals surface area contributed by atoms with E-state index in [1.165, 1.54) is 0 Å². The second-order valence-corrected chi connectivity index (χ2v) is 10.8. The van der Waals surface area contributed by atoms with E-state index in [0.717, 1.165) is 10.8 Å². The van der Waals surface area contributed by atoms with Crippen molar-refractivity contribution < 1.29 is 23.5 Å². The van der Waals surface area contributed by atoms with Crippen LogP contribution in [0.15, 0.2) is 0 Å². The normalized spacial score (nSPS) is 15.2. The van der Waals surface area contributed by atoms with E-state index < -0.39 is 23.4 Å². The van der Waals surface area contributed by atoms with E-state index >= 15 is 0 Å². The molecule has 0 aromatic carbocycles. The Morgan fingerprint density at radius 1 is 1.32 bits per heavy atom. The van der Waals surface area contributed by atoms with Crippen LogP contribution in [0, 0.1) is 0 Å². The molecule has 0 saturated heterocycles. The first-order valence-corrected chi connectivity index (χ1v) is 10.5. The summed E-state index contributed by atoms with van der Waals surface area (Å²) < 4.78 is 23.3. The van der Waals surface area contributed by atoms with Crippen LogP contribution in [0.3, 0.4) is 0 Å². The minimum Gasteiger partial charge on any atom is -0.600 e. The molecule has 1 N–H and O–H groups in total. The molecule has 19 heavy (non-hydrogen) atoms. The van der Waals surface area contributed by atoms with Gasteiger partial charge in [0, 0.05) is 0 Å². The van der Waals surface area contributed by atoms with Gasteiger partial charge in [0.1, 0.15) is 10.8 Å². The van der Waals surface area contributed by atoms with Crippen molar-refractivity contribution in [3.8, 4) is 0 Å². The molecule has 0 heterocycles. The molecule has 0 fully saturated rings. The zero-order chi connectivity index (χ0) is 15.0. The molecule has 0 aromatic rings. The lowest BCUT2D eigenvalue weighted by molar-refractivity contribution is -0.136. The zero-order valence-corrected chi connectivity index (χ0v) is 14.5. The summed E-state index contributed by atoms with van der Waals surface area (Å²) >= 11 is 0. The van der Waals surface area contributed by atoms with E-state index in [0.29, 0.717) is 6.42 Å². The van der Waals surface area contributed by atoms with Gasteiger partial charge in [-0.2, -0.15) is 0 Å². The second-order valence-electron chi connectivity index (χ2n) is 4.47. The van der Waals surface area contributed by atoms with Gasteiger partial charge in [-0.15, -0.1) is 0 Å². The van der Waals surface area contributed by atoms with E-state index in [2.05, 4.69) is 0 Å². The summed E-state index contributed by atoms with van der Waals surface area (Å²) in [6.07, 6.45) is 0.497. The van der Waals surface area contributed by atoms with Crippen molar-refractivity contribution in [1.29, 1.82) is 0 Å². The maximum absolute atomic E-state index is 12.2. The van der Waals surface area contributed by atoms with Crippen LogP contribution in [-0.4, -0.2) is 33.1 Å². The van der Waals surface area contributed by atoms with E-state index in [1.54, 1.807) is 0 Å². The Kier molecular flexibility index (Phi) is 10.5. The smallest absolute Gasteiger partial charge is 0.439 e. The van der Waals surface area contributed by atoms with Crippen LogP contribution < -0.4 is 0 Å². The van der Waals surface area contributed by atoms with Gasteiger partial charge in [0.25, 0.3) is 0 Å². The monoisotopic (exact) mass is 330 g/mol. The van der Waals surface area contributed by atoms with Crippen molar-refractivity contribution in [2.45, 2.75) is 64.9 Å². The highest BCUT2D eigenvalue weighted by Crippen LogP contribution is 2.54. The van der Waals surface area contributed by atoms with Gasteiger partial charge in [0.05, 0.1) is 33.7 Å². The van der Waals surface area contributed by atoms with Gasteiger partial charge in [-0.25, -0.2) is 0 Å². The van der Waals surface area contributed by atoms with Crippen LogP contribution in [0.4, 0.5) is 0 Å². The first kappa shape index (κ1) is 19.5. The lowest BCUT2D eigenvalue weighted by atomic mass is 10.2. The van der Waals surface area contributed by atoms with Gasteiger partial charge in [-0.05, 0) is 34.1 Å². The lowest BCUT2D eigenvalue weighted by Gasteiger charge is -2.22. The molecule has 5 nitrogen and oxygen atoms in total. The maximum atomic E-state index is 12.2. The Labute approximate surface area is 123 Å². The van der Waals surface area contributed by atoms with E-state index in [4.69, 9.17) is 14.2 Å². The topological polar surface area (TPSA) is 78.8 Å². The van der Waals surface area contributed by atoms with Gasteiger partial charge in [-0.1, -0.05) is 6.92 Å². The molecule has 2 unspecified atom stereocenters. The standard InChI is InChI=1S/C11H23O5PS2/c1-6-10(7-11(12)13)18-19(14)17(15-8(2)3)16-9(4)5/h8-10H,6-7H2,1-5H3,(H,12,13). The van der Waals surface area contributed by atoms with Crippen LogP contribution >= 0.6 is 18.4 Å². The summed E-state index contributed by atoms with van der Waals surface area (Å²) in [7, 11) is -1.76. The minimum atomic E-state index is -1.52. The van der Waals surface area contributed by atoms with Crippen LogP contribution in [0.1, 0.15) is 47.5 Å². The number of carbonyl (C=O) groups is 1. The molecule has 0 aliphatic carbocycles. The van der Waals surface area contributed by atoms with Crippen LogP contribution in [0.5, 0.6) is 0 Å². The third-order valence-corrected chi connectivity index (χ3v) is 8.59. The Hall–Kier alpha value is 0.480. The lowest BCUT2D eigenvalue weighted by Crippen LogP contribution is -2.14. The second kappa shape index (κ2) is 10.2. The van der Waals surface area contributed by atoms with Crippen LogP contribution in [-0.2, 0) is 23.7 Å². The minimum absolute atomic E-state index is 0.000558. The molecule has 0 amide bonds. The summed E-state index contributed by atoms with van der Waals surface area (Å²) in [5.41, 5.74) is 0. The molecule has 0 saturated carbocycles. The number of rotatable bonds is 10. The molecule has 2 atom stereocenters. The van der Waals surface area contributed by atoms with Gasteiger partial charge in [-0.3, -0.25) is 13.8 Å². The van der Waals surface area contributed by atoms with E-state index in [-0.39, 0.29) is 23.9 Å². The third-order valence-electron chi connectivity index (χ3n) is 1.79. The predicted molar refractivity (Wildman–Crippen MR) is 81.4 cm³/mol. The van der Waals surface area contributed by atoms with Gasteiger partial charge in [0.2, 0.25) is 0 Å². The number of hydrogen-bond donors (Lipinski definition) is 1. The molecule has 0 aromatic heterocycles. The first-order valence-electron chi connectivity index (χ1n) is 6.20. The fraction of sp³-hybridized carbons (Fsp3) is 0.909. The fourth-order valence-corrected chi connectivity index (χ4v) is 7.90. The van der Waals surface area contributed by atoms with Crippen molar-refractivity contribution in [2.75, 3.05) is 0 Å². The molecule has 114 valence electrons. The Morgan fingerprint density at radius 3 is 2.11 bits per heavy atom. The predicted octanol–water partition coefficient (Wildman–Crippen LogP) is 3.71. The van der Waals surface area contributed by atoms with Crippen molar-refractivity contribution in [3.63, 3.8) is 0 Å².